The quantitative estimate of drug-likeness (QED) is 0.945. The van der Waals surface area contributed by atoms with Crippen molar-refractivity contribution < 1.29 is 4.79 Å². The van der Waals surface area contributed by atoms with Gasteiger partial charge in [0.1, 0.15) is 0 Å². The van der Waals surface area contributed by atoms with Crippen LogP contribution in [0.1, 0.15) is 30.0 Å². The molecule has 4 heteroatoms. The van der Waals surface area contributed by atoms with Crippen LogP contribution in [0, 0.1) is 0 Å². The number of hydrogen-bond acceptors (Lipinski definition) is 3. The molecule has 2 heterocycles. The Morgan fingerprint density at radius 1 is 1.23 bits per heavy atom. The average Bonchev–Trinajstić information content (AvgIpc) is 2.62. The molecule has 4 nitrogen and oxygen atoms in total. The van der Waals surface area contributed by atoms with Gasteiger partial charge in [-0.15, -0.1) is 0 Å². The van der Waals surface area contributed by atoms with Crippen molar-refractivity contribution in [2.24, 2.45) is 0 Å². The Kier molecular flexibility index (Phi) is 4.49. The maximum Gasteiger partial charge on any atom is 0.229 e. The summed E-state index contributed by atoms with van der Waals surface area (Å²) in [4.78, 5) is 18.8. The molecular weight excluding hydrogens is 274 g/mol. The van der Waals surface area contributed by atoms with E-state index in [0.717, 1.165) is 18.7 Å². The number of nitrogens with one attached hydrogen (secondary N) is 1. The fraction of sp³-hybridized carbons (Fsp3) is 0.333. The number of rotatable bonds is 3. The van der Waals surface area contributed by atoms with Crippen LogP contribution in [0.25, 0.3) is 0 Å². The molecule has 1 aliphatic rings. The minimum atomic E-state index is -0.0996. The smallest absolute Gasteiger partial charge is 0.229 e. The third-order valence-electron chi connectivity index (χ3n) is 4.27. The summed E-state index contributed by atoms with van der Waals surface area (Å²) >= 11 is 0. The normalized spacial score (nSPS) is 19.7. The highest BCUT2D eigenvalue weighted by Crippen LogP contribution is 2.22. The van der Waals surface area contributed by atoms with E-state index in [-0.39, 0.29) is 17.9 Å². The zero-order valence-corrected chi connectivity index (χ0v) is 12.8. The van der Waals surface area contributed by atoms with Gasteiger partial charge in [-0.1, -0.05) is 30.3 Å². The van der Waals surface area contributed by atoms with Gasteiger partial charge in [0, 0.05) is 32.0 Å². The van der Waals surface area contributed by atoms with Gasteiger partial charge in [-0.05, 0) is 30.2 Å². The van der Waals surface area contributed by atoms with E-state index in [1.807, 2.05) is 54.3 Å². The van der Waals surface area contributed by atoms with E-state index in [4.69, 9.17) is 0 Å². The Morgan fingerprint density at radius 3 is 2.68 bits per heavy atom. The third kappa shape index (κ3) is 3.17. The van der Waals surface area contributed by atoms with Crippen molar-refractivity contribution >= 4 is 5.91 Å². The highest BCUT2D eigenvalue weighted by atomic mass is 16.2. The second-order valence-electron chi connectivity index (χ2n) is 5.70. The van der Waals surface area contributed by atoms with Crippen LogP contribution in [0.3, 0.4) is 0 Å². The first-order valence-electron chi connectivity index (χ1n) is 7.73. The van der Waals surface area contributed by atoms with Crippen LogP contribution in [0.2, 0.25) is 0 Å². The molecule has 2 aromatic rings. The number of aromatic nitrogens is 1. The lowest BCUT2D eigenvalue weighted by Crippen LogP contribution is -2.49. The van der Waals surface area contributed by atoms with E-state index in [9.17, 15) is 4.79 Å². The fourth-order valence-corrected chi connectivity index (χ4v) is 2.93. The molecule has 2 atom stereocenters. The second kappa shape index (κ2) is 6.71. The summed E-state index contributed by atoms with van der Waals surface area (Å²) in [5, 5.41) is 3.48. The lowest BCUT2D eigenvalue weighted by molar-refractivity contribution is -0.133. The summed E-state index contributed by atoms with van der Waals surface area (Å²) in [7, 11) is 0. The van der Waals surface area contributed by atoms with Crippen molar-refractivity contribution in [1.82, 2.24) is 15.2 Å². The van der Waals surface area contributed by atoms with Gasteiger partial charge in [0.2, 0.25) is 5.91 Å². The first-order chi connectivity index (χ1) is 10.8. The number of nitrogens with zero attached hydrogens (tertiary/aromatic N) is 2. The number of hydrogen-bond donors (Lipinski definition) is 1. The van der Waals surface area contributed by atoms with Crippen LogP contribution in [0.15, 0.2) is 54.9 Å². The molecule has 1 saturated heterocycles. The zero-order chi connectivity index (χ0) is 15.4. The molecule has 1 fully saturated rings. The molecule has 0 spiro atoms. The van der Waals surface area contributed by atoms with Crippen molar-refractivity contribution in [3.05, 3.63) is 66.0 Å². The van der Waals surface area contributed by atoms with Gasteiger partial charge < -0.3 is 10.2 Å². The third-order valence-corrected chi connectivity index (χ3v) is 4.27. The lowest BCUT2D eigenvalue weighted by atomic mass is 9.98. The second-order valence-corrected chi connectivity index (χ2v) is 5.70. The predicted molar refractivity (Wildman–Crippen MR) is 86.4 cm³/mol. The van der Waals surface area contributed by atoms with E-state index in [0.29, 0.717) is 6.54 Å². The molecule has 0 bridgehead atoms. The first kappa shape index (κ1) is 14.7. The van der Waals surface area contributed by atoms with Crippen LogP contribution < -0.4 is 5.32 Å². The maximum absolute atomic E-state index is 12.8. The van der Waals surface area contributed by atoms with Crippen LogP contribution in [0.5, 0.6) is 0 Å². The van der Waals surface area contributed by atoms with E-state index in [1.165, 1.54) is 5.56 Å². The maximum atomic E-state index is 12.8. The molecule has 1 aromatic heterocycles. The standard InChI is InChI=1S/C18H21N3O/c1-14(15-5-3-2-4-6-15)18(22)21-12-11-20-17(13-21)16-7-9-19-10-8-16/h2-10,14,17,20H,11-13H2,1H3. The van der Waals surface area contributed by atoms with Crippen molar-refractivity contribution in [3.8, 4) is 0 Å². The van der Waals surface area contributed by atoms with Crippen LogP contribution >= 0.6 is 0 Å². The van der Waals surface area contributed by atoms with E-state index in [1.54, 1.807) is 12.4 Å². The molecule has 114 valence electrons. The minimum Gasteiger partial charge on any atom is -0.339 e. The number of carbonyl (C=O) groups excluding carboxylic acids is 1. The Bertz CT molecular complexity index is 615. The summed E-state index contributed by atoms with van der Waals surface area (Å²) in [6.45, 7) is 4.28. The van der Waals surface area contributed by atoms with Gasteiger partial charge >= 0.3 is 0 Å². The van der Waals surface area contributed by atoms with Gasteiger partial charge in [0.15, 0.2) is 0 Å². The minimum absolute atomic E-state index is 0.0996. The Morgan fingerprint density at radius 2 is 1.95 bits per heavy atom. The summed E-state index contributed by atoms with van der Waals surface area (Å²) in [5.74, 6) is 0.101. The molecule has 0 radical (unpaired) electrons. The topological polar surface area (TPSA) is 45.2 Å². The predicted octanol–water partition coefficient (Wildman–Crippen LogP) is 2.36. The summed E-state index contributed by atoms with van der Waals surface area (Å²) in [6.07, 6.45) is 3.59. The van der Waals surface area contributed by atoms with Crippen LogP contribution in [0.4, 0.5) is 0 Å². The first-order valence-corrected chi connectivity index (χ1v) is 7.73. The Hall–Kier alpha value is -2.20. The summed E-state index contributed by atoms with van der Waals surface area (Å²) < 4.78 is 0. The van der Waals surface area contributed by atoms with E-state index in [2.05, 4.69) is 10.3 Å². The molecule has 1 N–H and O–H groups in total. The number of benzene rings is 1. The van der Waals surface area contributed by atoms with Gasteiger partial charge in [0.05, 0.1) is 12.0 Å². The molecule has 0 saturated carbocycles. The fourth-order valence-electron chi connectivity index (χ4n) is 2.93. The molecular formula is C18H21N3O. The molecule has 3 rings (SSSR count). The Labute approximate surface area is 131 Å². The van der Waals surface area contributed by atoms with Crippen LogP contribution in [-0.4, -0.2) is 35.4 Å². The molecule has 1 aliphatic heterocycles. The summed E-state index contributed by atoms with van der Waals surface area (Å²) in [5.41, 5.74) is 2.26. The Balaban J connectivity index is 1.70. The monoisotopic (exact) mass is 295 g/mol. The average molecular weight is 295 g/mol. The van der Waals surface area contributed by atoms with Crippen molar-refractivity contribution in [2.45, 2.75) is 18.9 Å². The molecule has 1 aromatic carbocycles. The number of amides is 1. The number of piperazine rings is 1. The largest absolute Gasteiger partial charge is 0.339 e. The molecule has 2 unspecified atom stereocenters. The number of carbonyl (C=O) groups is 1. The highest BCUT2D eigenvalue weighted by Gasteiger charge is 2.27. The van der Waals surface area contributed by atoms with Gasteiger partial charge in [-0.2, -0.15) is 0 Å². The van der Waals surface area contributed by atoms with Gasteiger partial charge in [-0.25, -0.2) is 0 Å². The van der Waals surface area contributed by atoms with Gasteiger partial charge in [-0.3, -0.25) is 9.78 Å². The van der Waals surface area contributed by atoms with E-state index < -0.39 is 0 Å². The number of pyridine rings is 1. The molecule has 1 amide bonds. The lowest BCUT2D eigenvalue weighted by Gasteiger charge is -2.35. The highest BCUT2D eigenvalue weighted by molar-refractivity contribution is 5.83. The van der Waals surface area contributed by atoms with Crippen LogP contribution in [-0.2, 0) is 4.79 Å². The van der Waals surface area contributed by atoms with Crippen molar-refractivity contribution in [1.29, 1.82) is 0 Å². The summed E-state index contributed by atoms with van der Waals surface area (Å²) in [6, 6.07) is 14.2. The zero-order valence-electron chi connectivity index (χ0n) is 12.8. The SMILES string of the molecule is CC(C(=O)N1CCNC(c2ccncc2)C1)c1ccccc1. The molecule has 22 heavy (non-hydrogen) atoms. The van der Waals surface area contributed by atoms with E-state index >= 15 is 0 Å². The van der Waals surface area contributed by atoms with Gasteiger partial charge in [0.25, 0.3) is 0 Å². The molecule has 0 aliphatic carbocycles. The van der Waals surface area contributed by atoms with Crippen molar-refractivity contribution in [3.63, 3.8) is 0 Å². The van der Waals surface area contributed by atoms with Crippen molar-refractivity contribution in [2.75, 3.05) is 19.6 Å².